The van der Waals surface area contributed by atoms with Crippen LogP contribution < -0.4 is 5.73 Å². The molecule has 1 aromatic rings. The Bertz CT molecular complexity index is 313. The van der Waals surface area contributed by atoms with E-state index in [1.165, 1.54) is 5.56 Å². The van der Waals surface area contributed by atoms with Gasteiger partial charge in [-0.1, -0.05) is 51.1 Å². The maximum Gasteiger partial charge on any atom is 0.0352 e. The number of benzene rings is 1. The maximum atomic E-state index is 5.89. The SMILES string of the molecule is CC(C)/C=C/C(C)c1ccccc1N. The summed E-state index contributed by atoms with van der Waals surface area (Å²) in [5.41, 5.74) is 7.99. The van der Waals surface area contributed by atoms with Crippen molar-refractivity contribution in [3.8, 4) is 0 Å². The van der Waals surface area contributed by atoms with Crippen LogP contribution in [0.2, 0.25) is 0 Å². The number of allylic oxidation sites excluding steroid dienone is 2. The molecule has 1 nitrogen and oxygen atoms in total. The van der Waals surface area contributed by atoms with E-state index in [-0.39, 0.29) is 0 Å². The number of hydrogen-bond acceptors (Lipinski definition) is 1. The number of anilines is 1. The molecule has 0 aliphatic carbocycles. The molecule has 1 heteroatoms. The molecule has 0 bridgehead atoms. The van der Waals surface area contributed by atoms with Gasteiger partial charge in [0.15, 0.2) is 0 Å². The highest BCUT2D eigenvalue weighted by Crippen LogP contribution is 2.22. The summed E-state index contributed by atoms with van der Waals surface area (Å²) < 4.78 is 0. The zero-order valence-electron chi connectivity index (χ0n) is 9.20. The van der Waals surface area contributed by atoms with Crippen LogP contribution in [0.4, 0.5) is 5.69 Å². The second-order valence-corrected chi connectivity index (χ2v) is 4.05. The summed E-state index contributed by atoms with van der Waals surface area (Å²) in [6.07, 6.45) is 4.44. The Hall–Kier alpha value is -1.24. The quantitative estimate of drug-likeness (QED) is 0.570. The predicted molar refractivity (Wildman–Crippen MR) is 63.2 cm³/mol. The fourth-order valence-corrected chi connectivity index (χ4v) is 1.42. The predicted octanol–water partition coefficient (Wildman–Crippen LogP) is 3.58. The van der Waals surface area contributed by atoms with Crippen molar-refractivity contribution in [2.75, 3.05) is 5.73 Å². The molecule has 0 aliphatic heterocycles. The summed E-state index contributed by atoms with van der Waals surface area (Å²) in [5, 5.41) is 0. The third kappa shape index (κ3) is 2.91. The zero-order chi connectivity index (χ0) is 10.6. The normalized spacial score (nSPS) is 13.7. The highest BCUT2D eigenvalue weighted by molar-refractivity contribution is 5.49. The Morgan fingerprint density at radius 3 is 2.29 bits per heavy atom. The lowest BCUT2D eigenvalue weighted by atomic mass is 9.98. The van der Waals surface area contributed by atoms with Gasteiger partial charge in [0.2, 0.25) is 0 Å². The van der Waals surface area contributed by atoms with Gasteiger partial charge in [-0.15, -0.1) is 0 Å². The van der Waals surface area contributed by atoms with E-state index in [1.54, 1.807) is 0 Å². The Labute approximate surface area is 86.6 Å². The monoisotopic (exact) mass is 189 g/mol. The van der Waals surface area contributed by atoms with E-state index in [0.29, 0.717) is 11.8 Å². The first-order chi connectivity index (χ1) is 6.61. The topological polar surface area (TPSA) is 26.0 Å². The fraction of sp³-hybridized carbons (Fsp3) is 0.385. The van der Waals surface area contributed by atoms with Gasteiger partial charge >= 0.3 is 0 Å². The molecule has 1 unspecified atom stereocenters. The zero-order valence-corrected chi connectivity index (χ0v) is 9.20. The van der Waals surface area contributed by atoms with Gasteiger partial charge in [-0.05, 0) is 17.5 Å². The summed E-state index contributed by atoms with van der Waals surface area (Å²) in [7, 11) is 0. The molecule has 0 aliphatic rings. The van der Waals surface area contributed by atoms with Crippen molar-refractivity contribution >= 4 is 5.69 Å². The minimum atomic E-state index is 0.401. The molecule has 1 rings (SSSR count). The maximum absolute atomic E-state index is 5.89. The van der Waals surface area contributed by atoms with E-state index in [1.807, 2.05) is 18.2 Å². The lowest BCUT2D eigenvalue weighted by Gasteiger charge is -2.10. The highest BCUT2D eigenvalue weighted by atomic mass is 14.6. The number of nitrogen functional groups attached to an aromatic ring is 1. The van der Waals surface area contributed by atoms with Gasteiger partial charge in [-0.3, -0.25) is 0 Å². The Balaban J connectivity index is 2.79. The van der Waals surface area contributed by atoms with Gasteiger partial charge in [0.1, 0.15) is 0 Å². The van der Waals surface area contributed by atoms with Crippen molar-refractivity contribution in [3.05, 3.63) is 42.0 Å². The van der Waals surface area contributed by atoms with Gasteiger partial charge in [0, 0.05) is 11.6 Å². The molecule has 0 heterocycles. The molecule has 0 fully saturated rings. The molecular formula is C13H19N. The summed E-state index contributed by atoms with van der Waals surface area (Å²) >= 11 is 0. The molecule has 0 radical (unpaired) electrons. The molecule has 0 saturated heterocycles. The van der Waals surface area contributed by atoms with Crippen LogP contribution in [-0.4, -0.2) is 0 Å². The summed E-state index contributed by atoms with van der Waals surface area (Å²) in [4.78, 5) is 0. The first-order valence-electron chi connectivity index (χ1n) is 5.14. The standard InChI is InChI=1S/C13H19N/c1-10(2)8-9-11(3)12-6-4-5-7-13(12)14/h4-11H,14H2,1-3H3/b9-8+. The van der Waals surface area contributed by atoms with Gasteiger partial charge < -0.3 is 5.73 Å². The largest absolute Gasteiger partial charge is 0.398 e. The van der Waals surface area contributed by atoms with Crippen LogP contribution in [0, 0.1) is 5.92 Å². The minimum Gasteiger partial charge on any atom is -0.398 e. The van der Waals surface area contributed by atoms with Crippen LogP contribution in [0.5, 0.6) is 0 Å². The van der Waals surface area contributed by atoms with Crippen molar-refractivity contribution in [1.29, 1.82) is 0 Å². The van der Waals surface area contributed by atoms with Gasteiger partial charge in [0.05, 0.1) is 0 Å². The number of para-hydroxylation sites is 1. The van der Waals surface area contributed by atoms with Gasteiger partial charge in [-0.2, -0.15) is 0 Å². The second-order valence-electron chi connectivity index (χ2n) is 4.05. The van der Waals surface area contributed by atoms with Crippen LogP contribution in [0.1, 0.15) is 32.3 Å². The average molecular weight is 189 g/mol. The first kappa shape index (κ1) is 10.8. The van der Waals surface area contributed by atoms with Gasteiger partial charge in [-0.25, -0.2) is 0 Å². The van der Waals surface area contributed by atoms with E-state index in [2.05, 4.69) is 39.0 Å². The van der Waals surface area contributed by atoms with E-state index >= 15 is 0 Å². The summed E-state index contributed by atoms with van der Waals surface area (Å²) in [6, 6.07) is 8.04. The Kier molecular flexibility index (Phi) is 3.75. The van der Waals surface area contributed by atoms with Gasteiger partial charge in [0.25, 0.3) is 0 Å². The number of hydrogen-bond donors (Lipinski definition) is 1. The molecule has 76 valence electrons. The van der Waals surface area contributed by atoms with Crippen LogP contribution in [0.25, 0.3) is 0 Å². The smallest absolute Gasteiger partial charge is 0.0352 e. The Morgan fingerprint density at radius 1 is 1.07 bits per heavy atom. The van der Waals surface area contributed by atoms with Crippen molar-refractivity contribution < 1.29 is 0 Å². The average Bonchev–Trinajstić information content (AvgIpc) is 2.15. The summed E-state index contributed by atoms with van der Waals surface area (Å²) in [6.45, 7) is 6.53. The lowest BCUT2D eigenvalue weighted by Crippen LogP contribution is -1.96. The van der Waals surface area contributed by atoms with Crippen molar-refractivity contribution in [2.45, 2.75) is 26.7 Å². The molecule has 0 saturated carbocycles. The molecule has 2 N–H and O–H groups in total. The molecule has 0 spiro atoms. The van der Waals surface area contributed by atoms with E-state index in [0.717, 1.165) is 5.69 Å². The molecule has 0 amide bonds. The van der Waals surface area contributed by atoms with Crippen molar-refractivity contribution in [3.63, 3.8) is 0 Å². The molecule has 1 aromatic carbocycles. The van der Waals surface area contributed by atoms with E-state index in [9.17, 15) is 0 Å². The summed E-state index contributed by atoms with van der Waals surface area (Å²) in [5.74, 6) is 1.00. The third-order valence-corrected chi connectivity index (χ3v) is 2.27. The molecular weight excluding hydrogens is 170 g/mol. The third-order valence-electron chi connectivity index (χ3n) is 2.27. The molecule has 14 heavy (non-hydrogen) atoms. The first-order valence-corrected chi connectivity index (χ1v) is 5.14. The van der Waals surface area contributed by atoms with Crippen molar-refractivity contribution in [2.24, 2.45) is 5.92 Å². The molecule has 1 atom stereocenters. The van der Waals surface area contributed by atoms with Crippen LogP contribution in [-0.2, 0) is 0 Å². The van der Waals surface area contributed by atoms with Crippen LogP contribution >= 0.6 is 0 Å². The minimum absolute atomic E-state index is 0.401. The van der Waals surface area contributed by atoms with E-state index < -0.39 is 0 Å². The second kappa shape index (κ2) is 4.85. The fourth-order valence-electron chi connectivity index (χ4n) is 1.42. The number of nitrogens with two attached hydrogens (primary N) is 1. The van der Waals surface area contributed by atoms with E-state index in [4.69, 9.17) is 5.73 Å². The van der Waals surface area contributed by atoms with Crippen molar-refractivity contribution in [1.82, 2.24) is 0 Å². The molecule has 0 aromatic heterocycles. The van der Waals surface area contributed by atoms with Crippen LogP contribution in [0.3, 0.4) is 0 Å². The Morgan fingerprint density at radius 2 is 1.71 bits per heavy atom. The highest BCUT2D eigenvalue weighted by Gasteiger charge is 2.04. The lowest BCUT2D eigenvalue weighted by molar-refractivity contribution is 0.816. The number of rotatable bonds is 3. The van der Waals surface area contributed by atoms with Crippen LogP contribution in [0.15, 0.2) is 36.4 Å².